The van der Waals surface area contributed by atoms with Crippen LogP contribution in [0.3, 0.4) is 0 Å². The van der Waals surface area contributed by atoms with Gasteiger partial charge in [0.15, 0.2) is 0 Å². The fourth-order valence-electron chi connectivity index (χ4n) is 2.69. The van der Waals surface area contributed by atoms with E-state index in [0.717, 1.165) is 11.3 Å². The minimum absolute atomic E-state index is 0.132. The van der Waals surface area contributed by atoms with E-state index in [2.05, 4.69) is 13.8 Å². The van der Waals surface area contributed by atoms with E-state index in [1.54, 1.807) is 43.3 Å². The summed E-state index contributed by atoms with van der Waals surface area (Å²) in [4.78, 5) is 24.0. The van der Waals surface area contributed by atoms with Gasteiger partial charge in [0.2, 0.25) is 0 Å². The van der Waals surface area contributed by atoms with Crippen LogP contribution in [0.25, 0.3) is 0 Å². The van der Waals surface area contributed by atoms with Crippen LogP contribution < -0.4 is 9.47 Å². The van der Waals surface area contributed by atoms with E-state index < -0.39 is 11.9 Å². The molecule has 5 nitrogen and oxygen atoms in total. The van der Waals surface area contributed by atoms with Crippen LogP contribution in [-0.2, 0) is 10.2 Å². The number of fused-ring (bicyclic) bond motifs is 1. The highest BCUT2D eigenvalue weighted by molar-refractivity contribution is 5.92. The van der Waals surface area contributed by atoms with Gasteiger partial charge < -0.3 is 14.2 Å². The zero-order chi connectivity index (χ0) is 20.0. The number of hydrogen-bond acceptors (Lipinski definition) is 5. The third kappa shape index (κ3) is 4.67. The molecule has 0 saturated carbocycles. The summed E-state index contributed by atoms with van der Waals surface area (Å²) in [6.45, 7) is 10.8. The van der Waals surface area contributed by atoms with Crippen LogP contribution in [0, 0.1) is 0 Å². The summed E-state index contributed by atoms with van der Waals surface area (Å²) in [6, 6.07) is 11.6. The summed E-state index contributed by atoms with van der Waals surface area (Å²) in [5.74, 6) is 0.324. The Morgan fingerprint density at radius 2 is 1.63 bits per heavy atom. The molecule has 0 radical (unpaired) electrons. The molecule has 2 aromatic rings. The molecule has 3 rings (SSSR count). The van der Waals surface area contributed by atoms with Crippen molar-refractivity contribution in [3.8, 4) is 11.5 Å². The molecule has 144 valence electrons. The van der Waals surface area contributed by atoms with E-state index >= 15 is 0 Å². The number of rotatable bonds is 4. The molecule has 1 heterocycles. The number of benzene rings is 2. The zero-order valence-corrected chi connectivity index (χ0v) is 16.5. The Bertz CT molecular complexity index is 806. The molecule has 5 heteroatoms. The van der Waals surface area contributed by atoms with E-state index in [9.17, 15) is 9.59 Å². The first-order chi connectivity index (χ1) is 12.9. The maximum Gasteiger partial charge on any atom is 0.343 e. The predicted octanol–water partition coefficient (Wildman–Crippen LogP) is 4.78. The summed E-state index contributed by atoms with van der Waals surface area (Å²) in [5, 5.41) is 0. The van der Waals surface area contributed by atoms with Crippen molar-refractivity contribution in [1.82, 2.24) is 0 Å². The third-order valence-corrected chi connectivity index (χ3v) is 4.11. The second kappa shape index (κ2) is 8.71. The second-order valence-electron chi connectivity index (χ2n) is 6.52. The van der Waals surface area contributed by atoms with Gasteiger partial charge in [0, 0.05) is 11.0 Å². The Morgan fingerprint density at radius 1 is 1.00 bits per heavy atom. The van der Waals surface area contributed by atoms with Crippen LogP contribution >= 0.6 is 0 Å². The van der Waals surface area contributed by atoms with Crippen molar-refractivity contribution in [3.05, 3.63) is 59.2 Å². The third-order valence-electron chi connectivity index (χ3n) is 4.11. The molecule has 0 atom stereocenters. The fraction of sp³-hybridized carbons (Fsp3) is 0.364. The Labute approximate surface area is 160 Å². The van der Waals surface area contributed by atoms with Gasteiger partial charge in [-0.1, -0.05) is 27.7 Å². The molecule has 0 amide bonds. The normalized spacial score (nSPS) is 13.5. The quantitative estimate of drug-likeness (QED) is 0.573. The largest absolute Gasteiger partial charge is 0.492 e. The summed E-state index contributed by atoms with van der Waals surface area (Å²) in [5.41, 5.74) is 1.75. The van der Waals surface area contributed by atoms with Gasteiger partial charge in [-0.25, -0.2) is 9.59 Å². The highest BCUT2D eigenvalue weighted by Gasteiger charge is 2.32. The lowest BCUT2D eigenvalue weighted by Gasteiger charge is -2.15. The predicted molar refractivity (Wildman–Crippen MR) is 104 cm³/mol. The zero-order valence-electron chi connectivity index (χ0n) is 16.5. The van der Waals surface area contributed by atoms with Gasteiger partial charge in [-0.15, -0.1) is 0 Å². The molecule has 1 aliphatic rings. The molecule has 2 aromatic carbocycles. The van der Waals surface area contributed by atoms with E-state index in [1.807, 2.05) is 19.9 Å². The second-order valence-corrected chi connectivity index (χ2v) is 6.52. The first-order valence-corrected chi connectivity index (χ1v) is 9.17. The van der Waals surface area contributed by atoms with Crippen LogP contribution in [0.5, 0.6) is 11.5 Å². The highest BCUT2D eigenvalue weighted by atomic mass is 16.5. The van der Waals surface area contributed by atoms with Crippen molar-refractivity contribution in [2.24, 2.45) is 0 Å². The molecular formula is C22H26O5. The Hall–Kier alpha value is -2.82. The molecule has 0 unspecified atom stereocenters. The van der Waals surface area contributed by atoms with E-state index in [0.29, 0.717) is 30.1 Å². The standard InChI is InChI=1S/C20H20O5.C2H6/c1-4-23-18(21)13-5-8-15(9-6-13)25-19(22)14-7-10-17-16(11-14)20(2,3)12-24-17;1-2/h5-11H,4,12H2,1-3H3;1-2H3. The van der Waals surface area contributed by atoms with Gasteiger partial charge in [-0.2, -0.15) is 0 Å². The molecule has 0 spiro atoms. The summed E-state index contributed by atoms with van der Waals surface area (Å²) < 4.78 is 15.9. The maximum absolute atomic E-state index is 12.4. The molecule has 0 aromatic heterocycles. The summed E-state index contributed by atoms with van der Waals surface area (Å²) >= 11 is 0. The smallest absolute Gasteiger partial charge is 0.343 e. The monoisotopic (exact) mass is 370 g/mol. The number of carbonyl (C=O) groups excluding carboxylic acids is 2. The molecule has 27 heavy (non-hydrogen) atoms. The molecular weight excluding hydrogens is 344 g/mol. The average molecular weight is 370 g/mol. The van der Waals surface area contributed by atoms with Crippen molar-refractivity contribution in [2.75, 3.05) is 13.2 Å². The Kier molecular flexibility index (Phi) is 6.61. The van der Waals surface area contributed by atoms with Gasteiger partial charge in [-0.3, -0.25) is 0 Å². The lowest BCUT2D eigenvalue weighted by molar-refractivity contribution is 0.0526. The molecule has 0 fully saturated rings. The van der Waals surface area contributed by atoms with Crippen LogP contribution in [0.15, 0.2) is 42.5 Å². The van der Waals surface area contributed by atoms with Gasteiger partial charge >= 0.3 is 11.9 Å². The molecule has 0 aliphatic carbocycles. The molecule has 1 aliphatic heterocycles. The lowest BCUT2D eigenvalue weighted by Crippen LogP contribution is -2.19. The van der Waals surface area contributed by atoms with Crippen LogP contribution in [-0.4, -0.2) is 25.2 Å². The summed E-state index contributed by atoms with van der Waals surface area (Å²) in [7, 11) is 0. The van der Waals surface area contributed by atoms with Crippen molar-refractivity contribution in [1.29, 1.82) is 0 Å². The van der Waals surface area contributed by atoms with Crippen molar-refractivity contribution in [3.63, 3.8) is 0 Å². The van der Waals surface area contributed by atoms with Gasteiger partial charge in [-0.05, 0) is 49.4 Å². The van der Waals surface area contributed by atoms with Gasteiger partial charge in [0.05, 0.1) is 24.3 Å². The molecule has 0 bridgehead atoms. The van der Waals surface area contributed by atoms with E-state index in [1.165, 1.54) is 0 Å². The highest BCUT2D eigenvalue weighted by Crippen LogP contribution is 2.38. The van der Waals surface area contributed by atoms with E-state index in [4.69, 9.17) is 14.2 Å². The fourth-order valence-corrected chi connectivity index (χ4v) is 2.69. The lowest BCUT2D eigenvalue weighted by atomic mass is 9.86. The maximum atomic E-state index is 12.4. The van der Waals surface area contributed by atoms with Crippen LogP contribution in [0.4, 0.5) is 0 Å². The van der Waals surface area contributed by atoms with Gasteiger partial charge in [0.25, 0.3) is 0 Å². The minimum Gasteiger partial charge on any atom is -0.492 e. The van der Waals surface area contributed by atoms with Crippen molar-refractivity contribution < 1.29 is 23.8 Å². The topological polar surface area (TPSA) is 61.8 Å². The first-order valence-electron chi connectivity index (χ1n) is 9.17. The minimum atomic E-state index is -0.450. The number of ether oxygens (including phenoxy) is 3. The Morgan fingerprint density at radius 3 is 2.26 bits per heavy atom. The number of carbonyl (C=O) groups is 2. The van der Waals surface area contributed by atoms with E-state index in [-0.39, 0.29) is 5.41 Å². The number of hydrogen-bond donors (Lipinski definition) is 0. The molecule has 0 saturated heterocycles. The molecule has 0 N–H and O–H groups in total. The van der Waals surface area contributed by atoms with Crippen LogP contribution in [0.1, 0.15) is 60.9 Å². The SMILES string of the molecule is CC.CCOC(=O)c1ccc(OC(=O)c2ccc3c(c2)C(C)(C)CO3)cc1. The average Bonchev–Trinajstić information content (AvgIpc) is 2.98. The summed E-state index contributed by atoms with van der Waals surface area (Å²) in [6.07, 6.45) is 0. The number of esters is 2. The first kappa shape index (κ1) is 20.5. The van der Waals surface area contributed by atoms with Crippen molar-refractivity contribution >= 4 is 11.9 Å². The van der Waals surface area contributed by atoms with Gasteiger partial charge in [0.1, 0.15) is 11.5 Å². The van der Waals surface area contributed by atoms with Crippen molar-refractivity contribution in [2.45, 2.75) is 40.0 Å². The Balaban J connectivity index is 0.00000126. The van der Waals surface area contributed by atoms with Crippen LogP contribution in [0.2, 0.25) is 0 Å².